The molecule has 0 radical (unpaired) electrons. The first-order valence-electron chi connectivity index (χ1n) is 6.64. The number of allylic oxidation sites excluding steroid dienone is 1. The Labute approximate surface area is 118 Å². The molecular formula is C18H15NO. The minimum atomic E-state index is -0.150. The van der Waals surface area contributed by atoms with Crippen molar-refractivity contribution in [2.24, 2.45) is 0 Å². The number of hydrogen-bond acceptors (Lipinski definition) is 2. The minimum absolute atomic E-state index is 0.113. The van der Waals surface area contributed by atoms with E-state index in [2.05, 4.69) is 30.4 Å². The fourth-order valence-electron chi connectivity index (χ4n) is 2.75. The Bertz CT molecular complexity index is 682. The van der Waals surface area contributed by atoms with Crippen LogP contribution in [-0.4, -0.2) is 7.11 Å². The summed E-state index contributed by atoms with van der Waals surface area (Å²) < 4.78 is 5.24. The summed E-state index contributed by atoms with van der Waals surface area (Å²) in [6, 6.07) is 18.5. The Balaban J connectivity index is 2.05. The van der Waals surface area contributed by atoms with Crippen LogP contribution in [0.15, 0.2) is 54.6 Å². The maximum atomic E-state index is 9.58. The largest absolute Gasteiger partial charge is 0.497 e. The first kappa shape index (κ1) is 12.5. The SMILES string of the molecule is COc1ccc2c(c1)C=CC(c1ccccc1)C2C#N. The standard InChI is InChI=1S/C18H15NO/c1-20-15-8-10-17-14(11-15)7-9-16(18(17)12-19)13-5-3-2-4-6-13/h2-11,16,18H,1H3. The molecule has 2 nitrogen and oxygen atoms in total. The van der Waals surface area contributed by atoms with Gasteiger partial charge >= 0.3 is 0 Å². The van der Waals surface area contributed by atoms with Crippen LogP contribution in [0.2, 0.25) is 0 Å². The zero-order chi connectivity index (χ0) is 13.9. The third kappa shape index (κ3) is 2.08. The lowest BCUT2D eigenvalue weighted by Crippen LogP contribution is -2.12. The number of nitrogens with zero attached hydrogens (tertiary/aromatic N) is 1. The summed E-state index contributed by atoms with van der Waals surface area (Å²) in [5.74, 6) is 0.786. The van der Waals surface area contributed by atoms with Gasteiger partial charge in [-0.15, -0.1) is 0 Å². The molecule has 1 aliphatic carbocycles. The average molecular weight is 261 g/mol. The van der Waals surface area contributed by atoms with Crippen molar-refractivity contribution >= 4 is 6.08 Å². The summed E-state index contributed by atoms with van der Waals surface area (Å²) >= 11 is 0. The number of fused-ring (bicyclic) bond motifs is 1. The minimum Gasteiger partial charge on any atom is -0.497 e. The van der Waals surface area contributed by atoms with Gasteiger partial charge in [-0.3, -0.25) is 0 Å². The van der Waals surface area contributed by atoms with Crippen molar-refractivity contribution in [1.29, 1.82) is 5.26 Å². The second-order valence-electron chi connectivity index (χ2n) is 4.90. The van der Waals surface area contributed by atoms with Crippen LogP contribution in [0.4, 0.5) is 0 Å². The van der Waals surface area contributed by atoms with E-state index in [1.54, 1.807) is 7.11 Å². The Morgan fingerprint density at radius 2 is 1.90 bits per heavy atom. The third-order valence-electron chi connectivity index (χ3n) is 3.79. The van der Waals surface area contributed by atoms with Gasteiger partial charge in [-0.25, -0.2) is 0 Å². The van der Waals surface area contributed by atoms with Gasteiger partial charge in [0.1, 0.15) is 5.75 Å². The second kappa shape index (κ2) is 5.22. The van der Waals surface area contributed by atoms with Crippen molar-refractivity contribution in [2.45, 2.75) is 11.8 Å². The Hall–Kier alpha value is -2.53. The molecule has 2 atom stereocenters. The summed E-state index contributed by atoms with van der Waals surface area (Å²) in [4.78, 5) is 0. The van der Waals surface area contributed by atoms with Crippen molar-refractivity contribution in [2.75, 3.05) is 7.11 Å². The van der Waals surface area contributed by atoms with Crippen molar-refractivity contribution in [3.63, 3.8) is 0 Å². The van der Waals surface area contributed by atoms with Gasteiger partial charge in [0, 0.05) is 5.92 Å². The van der Waals surface area contributed by atoms with Crippen LogP contribution in [0, 0.1) is 11.3 Å². The molecule has 2 aromatic carbocycles. The van der Waals surface area contributed by atoms with Gasteiger partial charge in [0.2, 0.25) is 0 Å². The van der Waals surface area contributed by atoms with Crippen LogP contribution in [0.1, 0.15) is 28.5 Å². The predicted octanol–water partition coefficient (Wildman–Crippen LogP) is 4.11. The van der Waals surface area contributed by atoms with Crippen molar-refractivity contribution in [1.82, 2.24) is 0 Å². The highest BCUT2D eigenvalue weighted by Crippen LogP contribution is 2.40. The smallest absolute Gasteiger partial charge is 0.119 e. The first-order chi connectivity index (χ1) is 9.83. The van der Waals surface area contributed by atoms with E-state index >= 15 is 0 Å². The fourth-order valence-corrected chi connectivity index (χ4v) is 2.75. The van der Waals surface area contributed by atoms with Crippen molar-refractivity contribution < 1.29 is 4.74 Å². The van der Waals surface area contributed by atoms with E-state index in [-0.39, 0.29) is 11.8 Å². The molecule has 0 saturated heterocycles. The maximum Gasteiger partial charge on any atom is 0.119 e. The van der Waals surface area contributed by atoms with E-state index in [0.717, 1.165) is 16.9 Å². The molecule has 0 saturated carbocycles. The normalized spacial score (nSPS) is 20.0. The zero-order valence-electron chi connectivity index (χ0n) is 11.3. The third-order valence-corrected chi connectivity index (χ3v) is 3.79. The molecule has 20 heavy (non-hydrogen) atoms. The molecule has 0 bridgehead atoms. The molecule has 0 aliphatic heterocycles. The molecule has 0 N–H and O–H groups in total. The molecule has 98 valence electrons. The van der Waals surface area contributed by atoms with E-state index in [1.165, 1.54) is 5.56 Å². The van der Waals surface area contributed by atoms with E-state index in [1.807, 2.05) is 36.4 Å². The lowest BCUT2D eigenvalue weighted by atomic mass is 9.77. The van der Waals surface area contributed by atoms with Crippen LogP contribution in [0.25, 0.3) is 6.08 Å². The highest BCUT2D eigenvalue weighted by molar-refractivity contribution is 5.63. The van der Waals surface area contributed by atoms with Gasteiger partial charge in [0.15, 0.2) is 0 Å². The molecule has 2 aromatic rings. The van der Waals surface area contributed by atoms with Crippen molar-refractivity contribution in [3.05, 3.63) is 71.3 Å². The Morgan fingerprint density at radius 1 is 1.10 bits per heavy atom. The quantitative estimate of drug-likeness (QED) is 0.815. The van der Waals surface area contributed by atoms with Crippen LogP contribution in [0.3, 0.4) is 0 Å². The summed E-state index contributed by atoms with van der Waals surface area (Å²) in [6.45, 7) is 0. The number of methoxy groups -OCH3 is 1. The number of rotatable bonds is 2. The lowest BCUT2D eigenvalue weighted by molar-refractivity contribution is 0.414. The Morgan fingerprint density at radius 3 is 2.60 bits per heavy atom. The molecule has 0 spiro atoms. The van der Waals surface area contributed by atoms with Crippen LogP contribution < -0.4 is 4.74 Å². The van der Waals surface area contributed by atoms with E-state index in [4.69, 9.17) is 4.74 Å². The Kier molecular flexibility index (Phi) is 3.26. The van der Waals surface area contributed by atoms with Gasteiger partial charge < -0.3 is 4.74 Å². The molecular weight excluding hydrogens is 246 g/mol. The molecule has 2 unspecified atom stereocenters. The summed E-state index contributed by atoms with van der Waals surface area (Å²) in [5, 5.41) is 9.58. The van der Waals surface area contributed by atoms with Gasteiger partial charge in [-0.2, -0.15) is 5.26 Å². The molecule has 0 amide bonds. The van der Waals surface area contributed by atoms with Crippen molar-refractivity contribution in [3.8, 4) is 11.8 Å². The summed E-state index contributed by atoms with van der Waals surface area (Å²) in [7, 11) is 1.66. The topological polar surface area (TPSA) is 33.0 Å². The van der Waals surface area contributed by atoms with Gasteiger partial charge in [0.25, 0.3) is 0 Å². The van der Waals surface area contributed by atoms with E-state index in [9.17, 15) is 5.26 Å². The molecule has 1 aliphatic rings. The maximum absolute atomic E-state index is 9.58. The number of nitriles is 1. The van der Waals surface area contributed by atoms with Gasteiger partial charge in [-0.1, -0.05) is 48.6 Å². The highest BCUT2D eigenvalue weighted by atomic mass is 16.5. The van der Waals surface area contributed by atoms with Crippen LogP contribution in [0.5, 0.6) is 5.75 Å². The molecule has 0 fully saturated rings. The van der Waals surface area contributed by atoms with Gasteiger partial charge in [0.05, 0.1) is 19.1 Å². The first-order valence-corrected chi connectivity index (χ1v) is 6.64. The zero-order valence-corrected chi connectivity index (χ0v) is 11.3. The molecule has 0 aromatic heterocycles. The van der Waals surface area contributed by atoms with E-state index in [0.29, 0.717) is 0 Å². The number of ether oxygens (including phenoxy) is 1. The predicted molar refractivity (Wildman–Crippen MR) is 79.6 cm³/mol. The van der Waals surface area contributed by atoms with Crippen LogP contribution in [-0.2, 0) is 0 Å². The van der Waals surface area contributed by atoms with Gasteiger partial charge in [-0.05, 0) is 28.8 Å². The van der Waals surface area contributed by atoms with E-state index < -0.39 is 0 Å². The molecule has 2 heteroatoms. The highest BCUT2D eigenvalue weighted by Gasteiger charge is 2.27. The number of hydrogen-bond donors (Lipinski definition) is 0. The fraction of sp³-hybridized carbons (Fsp3) is 0.167. The van der Waals surface area contributed by atoms with Crippen LogP contribution >= 0.6 is 0 Å². The second-order valence-corrected chi connectivity index (χ2v) is 4.90. The monoisotopic (exact) mass is 261 g/mol. The molecule has 3 rings (SSSR count). The summed E-state index contributed by atoms with van der Waals surface area (Å²) in [6.07, 6.45) is 4.20. The lowest BCUT2D eigenvalue weighted by Gasteiger charge is -2.25. The summed E-state index contributed by atoms with van der Waals surface area (Å²) in [5.41, 5.74) is 3.32. The average Bonchev–Trinajstić information content (AvgIpc) is 2.53. The number of benzene rings is 2. The molecule has 0 heterocycles.